The van der Waals surface area contributed by atoms with Gasteiger partial charge in [-0.25, -0.2) is 9.18 Å². The lowest BCUT2D eigenvalue weighted by Crippen LogP contribution is -2.10. The van der Waals surface area contributed by atoms with Crippen LogP contribution in [0.3, 0.4) is 0 Å². The van der Waals surface area contributed by atoms with Gasteiger partial charge >= 0.3 is 5.97 Å². The molecule has 0 radical (unpaired) electrons. The molecule has 4 nitrogen and oxygen atoms in total. The maximum Gasteiger partial charge on any atom is 0.341 e. The second-order valence-electron chi connectivity index (χ2n) is 8.59. The van der Waals surface area contributed by atoms with Crippen molar-refractivity contribution in [2.24, 2.45) is 0 Å². The van der Waals surface area contributed by atoms with Crippen LogP contribution >= 0.6 is 0 Å². The Kier molecular flexibility index (Phi) is 8.57. The van der Waals surface area contributed by atoms with Gasteiger partial charge in [0.2, 0.25) is 0 Å². The molecule has 0 saturated heterocycles. The van der Waals surface area contributed by atoms with Gasteiger partial charge in [-0.1, -0.05) is 54.3 Å². The second kappa shape index (κ2) is 12.4. The molecule has 1 N–H and O–H groups in total. The molecule has 0 aromatic heterocycles. The molecule has 186 valence electrons. The van der Waals surface area contributed by atoms with Crippen LogP contribution in [-0.2, 0) is 4.79 Å². The van der Waals surface area contributed by atoms with E-state index in [-0.39, 0.29) is 11.7 Å². The van der Waals surface area contributed by atoms with Gasteiger partial charge in [-0.05, 0) is 84.6 Å². The molecule has 4 aromatic carbocycles. The zero-order valence-corrected chi connectivity index (χ0v) is 20.5. The van der Waals surface area contributed by atoms with Crippen molar-refractivity contribution in [2.45, 2.75) is 19.3 Å². The molecule has 0 aliphatic rings. The SMILES string of the molecule is Cc1cc(OCC[C@H](c2ccc(F)cc2)c2ccc(C#Cc3ccccc3)cc2)ccc1OCC(=O)O. The Bertz CT molecular complexity index is 1390. The van der Waals surface area contributed by atoms with Crippen molar-refractivity contribution < 1.29 is 23.8 Å². The number of aliphatic carboxylic acids is 1. The summed E-state index contributed by atoms with van der Waals surface area (Å²) >= 11 is 0. The molecule has 0 spiro atoms. The average Bonchev–Trinajstić information content (AvgIpc) is 2.91. The maximum absolute atomic E-state index is 13.6. The molecule has 4 aromatic rings. The summed E-state index contributed by atoms with van der Waals surface area (Å²) in [4.78, 5) is 10.7. The molecule has 0 aliphatic heterocycles. The highest BCUT2D eigenvalue weighted by Gasteiger charge is 2.15. The van der Waals surface area contributed by atoms with Gasteiger partial charge < -0.3 is 14.6 Å². The first-order chi connectivity index (χ1) is 18.0. The molecule has 5 heteroatoms. The molecule has 0 heterocycles. The van der Waals surface area contributed by atoms with Gasteiger partial charge in [0.05, 0.1) is 6.61 Å². The minimum Gasteiger partial charge on any atom is -0.494 e. The number of carboxylic acids is 1. The zero-order chi connectivity index (χ0) is 26.0. The molecule has 0 bridgehead atoms. The van der Waals surface area contributed by atoms with Crippen molar-refractivity contribution in [3.05, 3.63) is 131 Å². The third-order valence-electron chi connectivity index (χ3n) is 5.88. The van der Waals surface area contributed by atoms with Crippen LogP contribution in [0.2, 0.25) is 0 Å². The topological polar surface area (TPSA) is 55.8 Å². The molecule has 0 aliphatic carbocycles. The van der Waals surface area contributed by atoms with Crippen LogP contribution in [0.5, 0.6) is 11.5 Å². The highest BCUT2D eigenvalue weighted by molar-refractivity contribution is 5.68. The number of carbonyl (C=O) groups is 1. The van der Waals surface area contributed by atoms with Gasteiger partial charge in [-0.15, -0.1) is 0 Å². The molecule has 1 atom stereocenters. The standard InChI is InChI=1S/C32H27FO4/c1-23-21-29(17-18-31(23)37-22-32(34)35)36-20-19-30(27-13-15-28(33)16-14-27)26-11-9-25(10-12-26)8-7-24-5-3-2-4-6-24/h2-6,9-18,21,30H,19-20,22H2,1H3,(H,34,35)/t30-/m0/s1. The lowest BCUT2D eigenvalue weighted by molar-refractivity contribution is -0.139. The fraction of sp³-hybridized carbons (Fsp3) is 0.156. The Labute approximate surface area is 216 Å². The summed E-state index contributed by atoms with van der Waals surface area (Å²) < 4.78 is 24.9. The summed E-state index contributed by atoms with van der Waals surface area (Å²) in [6, 6.07) is 29.8. The van der Waals surface area contributed by atoms with E-state index in [1.807, 2.05) is 67.6 Å². The van der Waals surface area contributed by atoms with E-state index in [1.54, 1.807) is 12.1 Å². The number of hydrogen-bond donors (Lipinski definition) is 1. The Hall–Kier alpha value is -4.56. The number of aryl methyl sites for hydroxylation is 1. The Balaban J connectivity index is 1.46. The fourth-order valence-electron chi connectivity index (χ4n) is 3.99. The molecular weight excluding hydrogens is 467 g/mol. The van der Waals surface area contributed by atoms with E-state index < -0.39 is 12.6 Å². The van der Waals surface area contributed by atoms with Gasteiger partial charge in [0.1, 0.15) is 17.3 Å². The van der Waals surface area contributed by atoms with Crippen molar-refractivity contribution in [3.63, 3.8) is 0 Å². The van der Waals surface area contributed by atoms with Gasteiger partial charge in [-0.2, -0.15) is 0 Å². The van der Waals surface area contributed by atoms with Gasteiger partial charge in [0.15, 0.2) is 6.61 Å². The van der Waals surface area contributed by atoms with Crippen LogP contribution in [0, 0.1) is 24.6 Å². The van der Waals surface area contributed by atoms with Crippen LogP contribution in [0.25, 0.3) is 0 Å². The van der Waals surface area contributed by atoms with E-state index in [1.165, 1.54) is 12.1 Å². The van der Waals surface area contributed by atoms with E-state index in [0.717, 1.165) is 27.8 Å². The van der Waals surface area contributed by atoms with Crippen LogP contribution in [-0.4, -0.2) is 24.3 Å². The second-order valence-corrected chi connectivity index (χ2v) is 8.59. The number of hydrogen-bond acceptors (Lipinski definition) is 3. The third-order valence-corrected chi connectivity index (χ3v) is 5.88. The zero-order valence-electron chi connectivity index (χ0n) is 20.5. The minimum absolute atomic E-state index is 0.0102. The van der Waals surface area contributed by atoms with Crippen LogP contribution in [0.1, 0.15) is 40.2 Å². The van der Waals surface area contributed by atoms with Gasteiger partial charge in [-0.3, -0.25) is 0 Å². The molecular formula is C32H27FO4. The van der Waals surface area contributed by atoms with Crippen LogP contribution in [0.4, 0.5) is 4.39 Å². The number of halogens is 1. The first-order valence-corrected chi connectivity index (χ1v) is 12.0. The summed E-state index contributed by atoms with van der Waals surface area (Å²) in [5.74, 6) is 6.26. The summed E-state index contributed by atoms with van der Waals surface area (Å²) in [7, 11) is 0. The number of carboxylic acid groups (broad SMARTS) is 1. The van der Waals surface area contributed by atoms with Gasteiger partial charge in [0, 0.05) is 17.0 Å². The predicted molar refractivity (Wildman–Crippen MR) is 142 cm³/mol. The van der Waals surface area contributed by atoms with E-state index in [0.29, 0.717) is 24.5 Å². The fourth-order valence-corrected chi connectivity index (χ4v) is 3.99. The van der Waals surface area contributed by atoms with Crippen LogP contribution < -0.4 is 9.47 Å². The summed E-state index contributed by atoms with van der Waals surface area (Å²) in [5.41, 5.74) is 4.77. The normalized spacial score (nSPS) is 11.2. The van der Waals surface area contributed by atoms with Crippen molar-refractivity contribution in [1.29, 1.82) is 0 Å². The maximum atomic E-state index is 13.6. The van der Waals surface area contributed by atoms with E-state index in [2.05, 4.69) is 24.0 Å². The Morgan fingerprint density at radius 1 is 0.838 bits per heavy atom. The minimum atomic E-state index is -1.03. The lowest BCUT2D eigenvalue weighted by Gasteiger charge is -2.19. The van der Waals surface area contributed by atoms with Crippen molar-refractivity contribution in [2.75, 3.05) is 13.2 Å². The highest BCUT2D eigenvalue weighted by Crippen LogP contribution is 2.30. The third kappa shape index (κ3) is 7.46. The lowest BCUT2D eigenvalue weighted by atomic mass is 9.88. The number of benzene rings is 4. The first kappa shape index (κ1) is 25.5. The highest BCUT2D eigenvalue weighted by atomic mass is 19.1. The Morgan fingerprint density at radius 2 is 1.46 bits per heavy atom. The first-order valence-electron chi connectivity index (χ1n) is 12.0. The molecule has 0 fully saturated rings. The van der Waals surface area contributed by atoms with E-state index in [4.69, 9.17) is 14.6 Å². The molecule has 37 heavy (non-hydrogen) atoms. The van der Waals surface area contributed by atoms with Crippen LogP contribution in [0.15, 0.2) is 97.1 Å². The largest absolute Gasteiger partial charge is 0.494 e. The van der Waals surface area contributed by atoms with E-state index in [9.17, 15) is 9.18 Å². The van der Waals surface area contributed by atoms with Crippen molar-refractivity contribution >= 4 is 5.97 Å². The number of ether oxygens (including phenoxy) is 2. The smallest absolute Gasteiger partial charge is 0.341 e. The molecule has 0 amide bonds. The predicted octanol–water partition coefficient (Wildman–Crippen LogP) is 6.60. The van der Waals surface area contributed by atoms with E-state index >= 15 is 0 Å². The monoisotopic (exact) mass is 494 g/mol. The van der Waals surface area contributed by atoms with Crippen molar-refractivity contribution in [1.82, 2.24) is 0 Å². The average molecular weight is 495 g/mol. The van der Waals surface area contributed by atoms with Gasteiger partial charge in [0.25, 0.3) is 0 Å². The summed E-state index contributed by atoms with van der Waals surface area (Å²) in [6.45, 7) is 1.89. The number of rotatable bonds is 9. The summed E-state index contributed by atoms with van der Waals surface area (Å²) in [6.07, 6.45) is 0.678. The molecule has 0 saturated carbocycles. The van der Waals surface area contributed by atoms with Crippen molar-refractivity contribution in [3.8, 4) is 23.3 Å². The Morgan fingerprint density at radius 3 is 2.08 bits per heavy atom. The molecule has 4 rings (SSSR count). The molecule has 0 unspecified atom stereocenters. The quantitative estimate of drug-likeness (QED) is 0.267. The summed E-state index contributed by atoms with van der Waals surface area (Å²) in [5, 5.41) is 8.80.